The number of pyridine rings is 1. The summed E-state index contributed by atoms with van der Waals surface area (Å²) in [6, 6.07) is 36.0. The molecule has 4 aromatic carbocycles. The smallest absolute Gasteiger partial charge is 0.509 e. The van der Waals surface area contributed by atoms with Crippen molar-refractivity contribution < 1.29 is 30.2 Å². The van der Waals surface area contributed by atoms with Crippen molar-refractivity contribution in [3.8, 4) is 34.1 Å². The molecule has 0 saturated heterocycles. The van der Waals surface area contributed by atoms with Crippen molar-refractivity contribution in [3.05, 3.63) is 132 Å². The van der Waals surface area contributed by atoms with Crippen molar-refractivity contribution in [1.82, 2.24) is 19.3 Å². The van der Waals surface area contributed by atoms with Crippen LogP contribution in [0.3, 0.4) is 0 Å². The molecule has 0 aliphatic rings. The van der Waals surface area contributed by atoms with Gasteiger partial charge in [-0.3, -0.25) is 4.68 Å². The van der Waals surface area contributed by atoms with Gasteiger partial charge in [0.2, 0.25) is 0 Å². The number of ether oxygens (including phenoxy) is 1. The van der Waals surface area contributed by atoms with Crippen molar-refractivity contribution in [2.45, 2.75) is 40.0 Å². The third-order valence-electron chi connectivity index (χ3n) is 8.03. The average molecular weight is 774 g/mol. The Bertz CT molecular complexity index is 2170. The molecule has 0 aliphatic heterocycles. The molecule has 0 N–H and O–H groups in total. The first kappa shape index (κ1) is 30.5. The Kier molecular flexibility index (Phi) is 7.96. The molecule has 5 nitrogen and oxygen atoms in total. The zero-order valence-corrected chi connectivity index (χ0v) is 27.9. The summed E-state index contributed by atoms with van der Waals surface area (Å²) < 4.78 is 24.3. The Hall–Kier alpha value is -4.54. The van der Waals surface area contributed by atoms with Crippen LogP contribution in [0.15, 0.2) is 97.2 Å². The van der Waals surface area contributed by atoms with Crippen LogP contribution in [-0.2, 0) is 26.5 Å². The molecule has 226 valence electrons. The number of hydrogen-bond acceptors (Lipinski definition) is 3. The number of aromatic nitrogens is 4. The predicted octanol–water partition coefficient (Wildman–Crippen LogP) is 9.48. The first-order valence-electron chi connectivity index (χ1n) is 14.6. The molecule has 7 rings (SSSR count). The van der Waals surface area contributed by atoms with E-state index in [0.717, 1.165) is 50.0 Å². The van der Waals surface area contributed by atoms with Gasteiger partial charge in [-0.1, -0.05) is 68.8 Å². The van der Waals surface area contributed by atoms with E-state index in [1.165, 1.54) is 23.9 Å². The van der Waals surface area contributed by atoms with Gasteiger partial charge >= 0.3 is 21.1 Å². The number of nitrogens with zero attached hydrogens (tertiary/aromatic N) is 4. The molecular formula is C38H31FN4OPt. The van der Waals surface area contributed by atoms with Crippen LogP contribution in [0.25, 0.3) is 44.4 Å². The van der Waals surface area contributed by atoms with Crippen LogP contribution in [0.1, 0.15) is 37.7 Å². The van der Waals surface area contributed by atoms with Crippen LogP contribution in [-0.4, -0.2) is 19.3 Å². The van der Waals surface area contributed by atoms with Crippen molar-refractivity contribution in [2.24, 2.45) is 0 Å². The van der Waals surface area contributed by atoms with Gasteiger partial charge < -0.3 is 9.30 Å². The zero-order chi connectivity index (χ0) is 30.6. The molecule has 3 heterocycles. The molecule has 7 heteroatoms. The van der Waals surface area contributed by atoms with Gasteiger partial charge in [-0.05, 0) is 53.6 Å². The summed E-state index contributed by atoms with van der Waals surface area (Å²) in [4.78, 5) is 4.44. The number of fused-ring (bicyclic) bond motifs is 3. The minimum Gasteiger partial charge on any atom is -0.509 e. The second-order valence-electron chi connectivity index (χ2n) is 12.1. The number of para-hydroxylation sites is 1. The summed E-state index contributed by atoms with van der Waals surface area (Å²) in [5, 5.41) is 6.88. The first-order chi connectivity index (χ1) is 21.2. The zero-order valence-electron chi connectivity index (χ0n) is 25.6. The Labute approximate surface area is 276 Å². The van der Waals surface area contributed by atoms with E-state index < -0.39 is 0 Å². The summed E-state index contributed by atoms with van der Waals surface area (Å²) in [6.07, 6.45) is 1.47. The largest absolute Gasteiger partial charge is 2.00 e. The summed E-state index contributed by atoms with van der Waals surface area (Å²) in [6.45, 7) is 10.8. The van der Waals surface area contributed by atoms with Gasteiger partial charge in [0, 0.05) is 40.5 Å². The maximum absolute atomic E-state index is 14.2. The molecule has 0 aliphatic carbocycles. The third-order valence-corrected chi connectivity index (χ3v) is 8.03. The van der Waals surface area contributed by atoms with E-state index >= 15 is 0 Å². The van der Waals surface area contributed by atoms with E-state index in [4.69, 9.17) is 9.84 Å². The molecule has 0 atom stereocenters. The van der Waals surface area contributed by atoms with E-state index in [0.29, 0.717) is 17.3 Å². The second kappa shape index (κ2) is 11.8. The second-order valence-corrected chi connectivity index (χ2v) is 12.1. The van der Waals surface area contributed by atoms with Crippen LogP contribution in [0, 0.1) is 31.8 Å². The molecule has 0 unspecified atom stereocenters. The minimum atomic E-state index is -0.353. The van der Waals surface area contributed by atoms with Crippen LogP contribution in [0.2, 0.25) is 0 Å². The summed E-state index contributed by atoms with van der Waals surface area (Å²) >= 11 is 0. The number of hydrogen-bond donors (Lipinski definition) is 0. The van der Waals surface area contributed by atoms with E-state index in [1.807, 2.05) is 70.8 Å². The Morgan fingerprint density at radius 3 is 2.31 bits per heavy atom. The molecule has 0 saturated carbocycles. The molecule has 0 fully saturated rings. The fourth-order valence-corrected chi connectivity index (χ4v) is 5.86. The SMILES string of the molecule is Cc1nn(-c2[c-]c(Oc3[c-]c4c(cc3)c3ccccc3n4-c3cc(F)ccn3)ccc2)c(C)c1-c1ccc(C(C)(C)C)cc1.[Pt+2]. The van der Waals surface area contributed by atoms with E-state index in [1.54, 1.807) is 0 Å². The Balaban J connectivity index is 0.00000357. The van der Waals surface area contributed by atoms with Crippen molar-refractivity contribution >= 4 is 21.8 Å². The maximum Gasteiger partial charge on any atom is 2.00 e. The summed E-state index contributed by atoms with van der Waals surface area (Å²) in [5.74, 6) is 1.17. The van der Waals surface area contributed by atoms with Gasteiger partial charge in [-0.25, -0.2) is 9.37 Å². The van der Waals surface area contributed by atoms with Crippen molar-refractivity contribution in [1.29, 1.82) is 0 Å². The quantitative estimate of drug-likeness (QED) is 0.164. The third kappa shape index (κ3) is 5.60. The van der Waals surface area contributed by atoms with Gasteiger partial charge in [0.25, 0.3) is 0 Å². The van der Waals surface area contributed by atoms with Gasteiger partial charge in [-0.2, -0.15) is 17.2 Å². The molecule has 0 bridgehead atoms. The van der Waals surface area contributed by atoms with E-state index in [2.05, 4.69) is 69.1 Å². The molecule has 0 radical (unpaired) electrons. The van der Waals surface area contributed by atoms with Crippen LogP contribution in [0.5, 0.6) is 11.5 Å². The minimum absolute atomic E-state index is 0. The number of benzene rings is 4. The fourth-order valence-electron chi connectivity index (χ4n) is 5.86. The number of aryl methyl sites for hydroxylation is 1. The van der Waals surface area contributed by atoms with E-state index in [-0.39, 0.29) is 32.3 Å². The van der Waals surface area contributed by atoms with Gasteiger partial charge in [0.05, 0.1) is 5.69 Å². The molecule has 7 aromatic rings. The fraction of sp³-hybridized carbons (Fsp3) is 0.158. The van der Waals surface area contributed by atoms with Crippen molar-refractivity contribution in [2.75, 3.05) is 0 Å². The Morgan fingerprint density at radius 1 is 0.800 bits per heavy atom. The number of rotatable bonds is 5. The van der Waals surface area contributed by atoms with Gasteiger partial charge in [0.15, 0.2) is 0 Å². The molecule has 45 heavy (non-hydrogen) atoms. The molecular weight excluding hydrogens is 743 g/mol. The van der Waals surface area contributed by atoms with Gasteiger partial charge in [-0.15, -0.1) is 35.7 Å². The van der Waals surface area contributed by atoms with Crippen LogP contribution < -0.4 is 4.74 Å². The predicted molar refractivity (Wildman–Crippen MR) is 173 cm³/mol. The topological polar surface area (TPSA) is 44.9 Å². The average Bonchev–Trinajstić information content (AvgIpc) is 3.49. The summed E-state index contributed by atoms with van der Waals surface area (Å²) in [5.41, 5.74) is 8.05. The van der Waals surface area contributed by atoms with Gasteiger partial charge in [0.1, 0.15) is 11.6 Å². The monoisotopic (exact) mass is 773 g/mol. The van der Waals surface area contributed by atoms with Crippen LogP contribution >= 0.6 is 0 Å². The van der Waals surface area contributed by atoms with E-state index in [9.17, 15) is 4.39 Å². The summed E-state index contributed by atoms with van der Waals surface area (Å²) in [7, 11) is 0. The number of halogens is 1. The van der Waals surface area contributed by atoms with Crippen molar-refractivity contribution in [3.63, 3.8) is 0 Å². The van der Waals surface area contributed by atoms with Crippen LogP contribution in [0.4, 0.5) is 4.39 Å². The first-order valence-corrected chi connectivity index (χ1v) is 14.6. The maximum atomic E-state index is 14.2. The normalized spacial score (nSPS) is 11.6. The molecule has 0 amide bonds. The molecule has 0 spiro atoms. The molecule has 3 aromatic heterocycles. The Morgan fingerprint density at radius 2 is 1.56 bits per heavy atom. The standard InChI is InChI=1S/C38H31FN4O.Pt/c1-24-37(26-13-15-27(16-14-26)38(3,4)5)25(2)43(41-24)29-9-8-10-30(22-29)44-31-17-18-33-32-11-6-7-12-34(32)42(35(33)23-31)36-21-28(39)19-20-40-36;/h6-21H,1-5H3;/q-2;+2.